The van der Waals surface area contributed by atoms with Crippen molar-refractivity contribution in [1.82, 2.24) is 14.9 Å². The van der Waals surface area contributed by atoms with Crippen LogP contribution in [0, 0.1) is 19.8 Å². The molecule has 1 saturated heterocycles. The normalized spacial score (nSPS) is 17.0. The van der Waals surface area contributed by atoms with Gasteiger partial charge in [-0.05, 0) is 92.3 Å². The van der Waals surface area contributed by atoms with Gasteiger partial charge >= 0.3 is 0 Å². The molecule has 0 aliphatic carbocycles. The highest BCUT2D eigenvalue weighted by Gasteiger charge is 2.42. The number of amides is 1. The maximum atomic E-state index is 12.3. The summed E-state index contributed by atoms with van der Waals surface area (Å²) in [6.07, 6.45) is 1.79. The van der Waals surface area contributed by atoms with Crippen molar-refractivity contribution in [3.05, 3.63) is 106 Å². The Hall–Kier alpha value is -3.39. The number of rotatable bonds is 6. The average molecular weight is 579 g/mol. The van der Waals surface area contributed by atoms with Crippen LogP contribution in [-0.4, -0.2) is 20.6 Å². The van der Waals surface area contributed by atoms with Crippen molar-refractivity contribution in [1.29, 1.82) is 0 Å². The molecule has 2 aromatic heterocycles. The lowest BCUT2D eigenvalue weighted by molar-refractivity contribution is -0.118. The molecule has 6 nitrogen and oxygen atoms in total. The van der Waals surface area contributed by atoms with Crippen LogP contribution in [0.1, 0.15) is 48.6 Å². The highest BCUT2D eigenvalue weighted by molar-refractivity contribution is 7.80. The predicted octanol–water partition coefficient (Wildman–Crippen LogP) is 7.57. The summed E-state index contributed by atoms with van der Waals surface area (Å²) in [5.74, 6) is -0.249. The largest absolute Gasteiger partial charge is 0.351 e. The van der Waals surface area contributed by atoms with Gasteiger partial charge in [-0.1, -0.05) is 43.1 Å². The van der Waals surface area contributed by atoms with E-state index in [2.05, 4.69) is 45.0 Å². The van der Waals surface area contributed by atoms with Gasteiger partial charge in [-0.25, -0.2) is 0 Å². The van der Waals surface area contributed by atoms with Crippen LogP contribution in [0.25, 0.3) is 5.69 Å². The number of carbonyl (C=O) groups excluding carboxylic acids is 1. The van der Waals surface area contributed by atoms with Crippen LogP contribution in [0.5, 0.6) is 0 Å². The summed E-state index contributed by atoms with van der Waals surface area (Å²) < 4.78 is 2.22. The van der Waals surface area contributed by atoms with Gasteiger partial charge in [0.15, 0.2) is 5.11 Å². The van der Waals surface area contributed by atoms with E-state index in [1.165, 1.54) is 0 Å². The van der Waals surface area contributed by atoms with E-state index in [4.69, 9.17) is 35.4 Å². The second kappa shape index (κ2) is 11.0. The number of aryl methyl sites for hydroxylation is 1. The summed E-state index contributed by atoms with van der Waals surface area (Å²) in [5.41, 5.74) is 6.59. The Bertz CT molecular complexity index is 1540. The Labute approximate surface area is 244 Å². The lowest BCUT2D eigenvalue weighted by Crippen LogP contribution is -2.29. The first-order valence-corrected chi connectivity index (χ1v) is 13.9. The van der Waals surface area contributed by atoms with Gasteiger partial charge in [0.2, 0.25) is 5.91 Å². The van der Waals surface area contributed by atoms with Crippen LogP contribution in [0.15, 0.2) is 72.9 Å². The van der Waals surface area contributed by atoms with Gasteiger partial charge in [-0.2, -0.15) is 0 Å². The molecule has 4 aromatic rings. The number of nitrogens with one attached hydrogen (secondary N) is 2. The number of thiocarbonyl (C=S) groups is 1. The second-order valence-electron chi connectivity index (χ2n) is 9.94. The fraction of sp³-hybridized carbons (Fsp3) is 0.233. The molecule has 9 heteroatoms. The number of nitrogens with zero attached hydrogens (tertiary/aromatic N) is 3. The maximum absolute atomic E-state index is 12.3. The van der Waals surface area contributed by atoms with Crippen LogP contribution < -0.4 is 15.5 Å². The molecule has 0 spiro atoms. The number of carbonyl (C=O) groups is 1. The molecular weight excluding hydrogens is 549 g/mol. The number of halogens is 2. The fourth-order valence-corrected chi connectivity index (χ4v) is 5.75. The minimum Gasteiger partial charge on any atom is -0.351 e. The molecule has 0 unspecified atom stereocenters. The van der Waals surface area contributed by atoms with E-state index in [9.17, 15) is 4.79 Å². The average Bonchev–Trinajstić information content (AvgIpc) is 3.41. The third-order valence-corrected chi connectivity index (χ3v) is 7.86. The minimum absolute atomic E-state index is 0.0919. The fourth-order valence-electron chi connectivity index (χ4n) is 5.06. The number of hydrogen-bond donors (Lipinski definition) is 2. The van der Waals surface area contributed by atoms with E-state index in [1.54, 1.807) is 6.20 Å². The van der Waals surface area contributed by atoms with E-state index in [-0.39, 0.29) is 23.9 Å². The van der Waals surface area contributed by atoms with Crippen molar-refractivity contribution in [2.75, 3.05) is 10.2 Å². The van der Waals surface area contributed by atoms with Crippen LogP contribution in [0.4, 0.5) is 11.4 Å². The highest BCUT2D eigenvalue weighted by atomic mass is 35.5. The molecule has 1 aliphatic heterocycles. The molecular formula is C30H29Cl2N5OS. The van der Waals surface area contributed by atoms with Gasteiger partial charge in [0.25, 0.3) is 0 Å². The second-order valence-corrected chi connectivity index (χ2v) is 11.2. The maximum Gasteiger partial charge on any atom is 0.226 e. The van der Waals surface area contributed by atoms with Gasteiger partial charge in [-0.3, -0.25) is 9.78 Å². The quantitative estimate of drug-likeness (QED) is 0.231. The molecule has 5 rings (SSSR count). The van der Waals surface area contributed by atoms with Crippen molar-refractivity contribution in [3.8, 4) is 5.69 Å². The molecule has 200 valence electrons. The third kappa shape index (κ3) is 5.26. The van der Waals surface area contributed by atoms with Gasteiger partial charge in [0, 0.05) is 39.9 Å². The zero-order valence-corrected chi connectivity index (χ0v) is 24.4. The zero-order valence-electron chi connectivity index (χ0n) is 22.1. The zero-order chi connectivity index (χ0) is 27.8. The number of pyridine rings is 1. The summed E-state index contributed by atoms with van der Waals surface area (Å²) >= 11 is 18.7. The SMILES string of the molecule is Cc1cc([C@@H]2[C@H](c3ccccn3)NC(=S)N2c2ccc(NC(=O)C(C)C)c(Cl)c2)c(C)n1-c1ccc(Cl)cc1. The molecule has 0 bridgehead atoms. The topological polar surface area (TPSA) is 62.2 Å². The predicted molar refractivity (Wildman–Crippen MR) is 163 cm³/mol. The number of hydrogen-bond acceptors (Lipinski definition) is 3. The summed E-state index contributed by atoms with van der Waals surface area (Å²) in [7, 11) is 0. The standard InChI is InChI=1S/C30H29Cl2N5OS/c1-17(2)29(38)34-25-13-12-22(16-24(25)32)37-28(27(35-30(37)39)26-7-5-6-14-33-26)23-15-18(3)36(19(23)4)21-10-8-20(31)9-11-21/h5-17,27-28H,1-4H3,(H,34,38)(H,35,39)/t27-,28+/m0/s1. The number of anilines is 2. The van der Waals surface area contributed by atoms with E-state index >= 15 is 0 Å². The van der Waals surface area contributed by atoms with E-state index in [0.717, 1.165) is 34.0 Å². The van der Waals surface area contributed by atoms with E-state index in [0.29, 0.717) is 20.8 Å². The van der Waals surface area contributed by atoms with Crippen molar-refractivity contribution in [2.24, 2.45) is 5.92 Å². The summed E-state index contributed by atoms with van der Waals surface area (Å²) in [6.45, 7) is 7.89. The molecule has 3 heterocycles. The number of benzene rings is 2. The molecule has 0 radical (unpaired) electrons. The molecule has 1 fully saturated rings. The summed E-state index contributed by atoms with van der Waals surface area (Å²) in [4.78, 5) is 19.0. The Morgan fingerprint density at radius 1 is 1.03 bits per heavy atom. The molecule has 1 aliphatic rings. The molecule has 39 heavy (non-hydrogen) atoms. The lowest BCUT2D eigenvalue weighted by Gasteiger charge is -2.28. The summed E-state index contributed by atoms with van der Waals surface area (Å²) in [6, 6.07) is 21.1. The van der Waals surface area contributed by atoms with Crippen molar-refractivity contribution >= 4 is 57.8 Å². The van der Waals surface area contributed by atoms with Gasteiger partial charge in [-0.15, -0.1) is 0 Å². The van der Waals surface area contributed by atoms with Crippen LogP contribution in [-0.2, 0) is 4.79 Å². The number of aromatic nitrogens is 2. The first-order valence-electron chi connectivity index (χ1n) is 12.7. The van der Waals surface area contributed by atoms with E-state index in [1.807, 2.05) is 74.5 Å². The van der Waals surface area contributed by atoms with E-state index < -0.39 is 0 Å². The molecule has 1 amide bonds. The van der Waals surface area contributed by atoms with Crippen molar-refractivity contribution < 1.29 is 4.79 Å². The molecule has 0 saturated carbocycles. The molecule has 2 N–H and O–H groups in total. The van der Waals surface area contributed by atoms with Crippen molar-refractivity contribution in [3.63, 3.8) is 0 Å². The Morgan fingerprint density at radius 3 is 2.38 bits per heavy atom. The summed E-state index contributed by atoms with van der Waals surface area (Å²) in [5, 5.41) is 8.11. The smallest absolute Gasteiger partial charge is 0.226 e. The first-order chi connectivity index (χ1) is 18.7. The first kappa shape index (κ1) is 27.2. The Kier molecular flexibility index (Phi) is 7.67. The lowest BCUT2D eigenvalue weighted by atomic mass is 9.96. The van der Waals surface area contributed by atoms with Crippen molar-refractivity contribution in [2.45, 2.75) is 39.8 Å². The highest BCUT2D eigenvalue weighted by Crippen LogP contribution is 2.44. The van der Waals surface area contributed by atoms with Crippen LogP contribution >= 0.6 is 35.4 Å². The van der Waals surface area contributed by atoms with Crippen LogP contribution in [0.2, 0.25) is 10.0 Å². The van der Waals surface area contributed by atoms with Gasteiger partial charge < -0.3 is 20.1 Å². The minimum atomic E-state index is -0.202. The molecule has 2 atom stereocenters. The third-order valence-electron chi connectivity index (χ3n) is 6.98. The van der Waals surface area contributed by atoms with Crippen LogP contribution in [0.3, 0.4) is 0 Å². The van der Waals surface area contributed by atoms with Gasteiger partial charge in [0.05, 0.1) is 28.5 Å². The Morgan fingerprint density at radius 2 is 1.74 bits per heavy atom. The monoisotopic (exact) mass is 577 g/mol. The van der Waals surface area contributed by atoms with Gasteiger partial charge in [0.1, 0.15) is 0 Å². The molecule has 2 aromatic carbocycles. The Balaban J connectivity index is 1.61.